The van der Waals surface area contributed by atoms with Crippen LogP contribution in [0.4, 0.5) is 0 Å². The molecule has 0 unspecified atom stereocenters. The standard InChI is InChI=1S/C29H41.C6H10.C5H5.2ClH.Zr/c1-26(2,3)22-14-18-13-19-15-23(27(4,5)6)25(29(10,11)12)17-21(19)20(18)16-24(22)28(7,8)9;1-2-4-6-5-3-1;1-2-4-5-3-1;;;/h14,16-17H,13H2,1-12H3;1-5H2;1-5H;2*1H;/q-1;;-1;;;+2/p-2. The van der Waals surface area contributed by atoms with E-state index in [1.54, 1.807) is 27.4 Å². The molecule has 0 amide bonds. The van der Waals surface area contributed by atoms with Crippen LogP contribution in [-0.2, 0) is 52.3 Å². The van der Waals surface area contributed by atoms with Crippen LogP contribution in [0.25, 0.3) is 11.1 Å². The van der Waals surface area contributed by atoms with Gasteiger partial charge < -0.3 is 24.8 Å². The average Bonchev–Trinajstić information content (AvgIpc) is 3.52. The molecule has 2 aliphatic rings. The van der Waals surface area contributed by atoms with Crippen LogP contribution in [0.5, 0.6) is 0 Å². The van der Waals surface area contributed by atoms with Crippen molar-refractivity contribution in [3.05, 3.63) is 88.0 Å². The first-order chi connectivity index (χ1) is 18.8. The number of hydrogen-bond donors (Lipinski definition) is 0. The summed E-state index contributed by atoms with van der Waals surface area (Å²) < 4.78 is 1.80. The molecule has 236 valence electrons. The van der Waals surface area contributed by atoms with Gasteiger partial charge in [-0.25, -0.2) is 12.1 Å². The molecule has 3 aromatic rings. The Hall–Kier alpha value is -0.877. The molecule has 1 fully saturated rings. The van der Waals surface area contributed by atoms with Crippen molar-refractivity contribution in [1.82, 2.24) is 0 Å². The van der Waals surface area contributed by atoms with Crippen LogP contribution in [0.3, 0.4) is 0 Å². The fourth-order valence-corrected chi connectivity index (χ4v) is 6.79. The van der Waals surface area contributed by atoms with Crippen molar-refractivity contribution in [1.29, 1.82) is 0 Å². The van der Waals surface area contributed by atoms with Crippen molar-refractivity contribution in [3.8, 4) is 11.1 Å². The summed E-state index contributed by atoms with van der Waals surface area (Å²) in [6.45, 7) is 28.0. The molecule has 0 aromatic heterocycles. The van der Waals surface area contributed by atoms with Gasteiger partial charge in [0.15, 0.2) is 0 Å². The normalized spacial score (nSPS) is 14.6. The van der Waals surface area contributed by atoms with E-state index in [1.807, 2.05) is 30.3 Å². The summed E-state index contributed by atoms with van der Waals surface area (Å²) in [5.41, 5.74) is 11.9. The van der Waals surface area contributed by atoms with Gasteiger partial charge in [0.25, 0.3) is 0 Å². The van der Waals surface area contributed by atoms with E-state index in [0.29, 0.717) is 0 Å². The van der Waals surface area contributed by atoms with E-state index < -0.39 is 0 Å². The number of rotatable bonds is 0. The Kier molecular flexibility index (Phi) is 14.6. The van der Waals surface area contributed by atoms with Crippen LogP contribution in [0.1, 0.15) is 149 Å². The van der Waals surface area contributed by atoms with Gasteiger partial charge in [-0.05, 0) is 39.4 Å². The molecule has 0 atom stereocenters. The minimum absolute atomic E-state index is 0. The first-order valence-corrected chi connectivity index (χ1v) is 17.0. The maximum absolute atomic E-state index is 3.90. The summed E-state index contributed by atoms with van der Waals surface area (Å²) in [5.74, 6) is 0. The van der Waals surface area contributed by atoms with Crippen LogP contribution in [0.15, 0.2) is 48.5 Å². The van der Waals surface area contributed by atoms with E-state index in [0.717, 1.165) is 6.42 Å². The van der Waals surface area contributed by atoms with Crippen molar-refractivity contribution >= 4 is 3.21 Å². The van der Waals surface area contributed by atoms with Crippen LogP contribution < -0.4 is 24.8 Å². The van der Waals surface area contributed by atoms with Gasteiger partial charge >= 0.3 is 59.5 Å². The second kappa shape index (κ2) is 15.6. The summed E-state index contributed by atoms with van der Waals surface area (Å²) in [5, 5.41) is 0. The van der Waals surface area contributed by atoms with E-state index >= 15 is 0 Å². The molecule has 3 aromatic carbocycles. The predicted octanol–water partition coefficient (Wildman–Crippen LogP) is 5.33. The third kappa shape index (κ3) is 10.9. The third-order valence-corrected chi connectivity index (χ3v) is 9.48. The molecule has 5 rings (SSSR count). The van der Waals surface area contributed by atoms with Gasteiger partial charge in [-0.2, -0.15) is 35.9 Å². The Bertz CT molecular complexity index is 1210. The van der Waals surface area contributed by atoms with Crippen molar-refractivity contribution < 1.29 is 49.0 Å². The molecule has 0 nitrogen and oxygen atoms in total. The summed E-state index contributed by atoms with van der Waals surface area (Å²) in [4.78, 5) is 0. The van der Waals surface area contributed by atoms with Crippen molar-refractivity contribution in [3.63, 3.8) is 0 Å². The van der Waals surface area contributed by atoms with Crippen LogP contribution in [0, 0.1) is 6.07 Å². The molecule has 0 heterocycles. The molecule has 0 N–H and O–H groups in total. The minimum Gasteiger partial charge on any atom is -0.214 e. The zero-order chi connectivity index (χ0) is 30.8. The smallest absolute Gasteiger partial charge is 0.172 e. The first kappa shape index (κ1) is 40.1. The van der Waals surface area contributed by atoms with Crippen LogP contribution >= 0.6 is 0 Å². The Balaban J connectivity index is 0.000000546. The molecular formula is C40H56Cl2Zr-2. The van der Waals surface area contributed by atoms with Gasteiger partial charge in [0, 0.05) is 0 Å². The molecule has 0 saturated heterocycles. The van der Waals surface area contributed by atoms with Crippen LogP contribution in [-0.4, -0.2) is 3.21 Å². The predicted molar refractivity (Wildman–Crippen MR) is 178 cm³/mol. The van der Waals surface area contributed by atoms with E-state index in [2.05, 4.69) is 107 Å². The summed E-state index contributed by atoms with van der Waals surface area (Å²) in [6.07, 6.45) is 8.32. The molecule has 0 aliphatic heterocycles. The monoisotopic (exact) mass is 696 g/mol. The topological polar surface area (TPSA) is 0 Å². The van der Waals surface area contributed by atoms with Crippen LogP contribution in [0.2, 0.25) is 0 Å². The first-order valence-electron chi connectivity index (χ1n) is 15.8. The Labute approximate surface area is 292 Å². The number of halogens is 2. The van der Waals surface area contributed by atoms with Crippen molar-refractivity contribution in [2.45, 2.75) is 143 Å². The summed E-state index contributed by atoms with van der Waals surface area (Å²) in [6, 6.07) is 21.4. The second-order valence-corrected chi connectivity index (χ2v) is 18.0. The van der Waals surface area contributed by atoms with Gasteiger partial charge in [0.2, 0.25) is 0 Å². The van der Waals surface area contributed by atoms with Gasteiger partial charge in [-0.1, -0.05) is 106 Å². The Morgan fingerprint density at radius 2 is 1.07 bits per heavy atom. The van der Waals surface area contributed by atoms with Crippen molar-refractivity contribution in [2.24, 2.45) is 0 Å². The van der Waals surface area contributed by atoms with E-state index in [1.165, 1.54) is 76.6 Å². The summed E-state index contributed by atoms with van der Waals surface area (Å²) in [7, 11) is 0. The van der Waals surface area contributed by atoms with E-state index in [4.69, 9.17) is 0 Å². The zero-order valence-electron chi connectivity index (χ0n) is 29.1. The zero-order valence-corrected chi connectivity index (χ0v) is 33.1. The molecular weight excluding hydrogens is 643 g/mol. The Morgan fingerprint density at radius 1 is 0.605 bits per heavy atom. The molecule has 3 heteroatoms. The van der Waals surface area contributed by atoms with E-state index in [-0.39, 0.29) is 46.5 Å². The van der Waals surface area contributed by atoms with Crippen molar-refractivity contribution in [2.75, 3.05) is 0 Å². The fourth-order valence-electron chi connectivity index (χ4n) is 5.92. The maximum Gasteiger partial charge on any atom is -0.172 e. The molecule has 0 bridgehead atoms. The molecule has 2 aliphatic carbocycles. The third-order valence-electron chi connectivity index (χ3n) is 8.25. The number of fused-ring (bicyclic) bond motifs is 3. The maximum atomic E-state index is 3.90. The average molecular weight is 699 g/mol. The minimum atomic E-state index is 0. The van der Waals surface area contributed by atoms with Gasteiger partial charge in [-0.15, -0.1) is 16.7 Å². The van der Waals surface area contributed by atoms with Gasteiger partial charge in [0.05, 0.1) is 0 Å². The SMILES string of the molecule is CC(C)(C)c1[c-]c2c(cc1C(C)(C)C)-c1cc(C(C)(C)C)c(C(C)(C)C)cc1C2.[Cl-].[Cl-].[Zr+2]=[C]1CCCCC1.c1cc[cH-]c1. The van der Waals surface area contributed by atoms with Gasteiger partial charge in [0.1, 0.15) is 0 Å². The second-order valence-electron chi connectivity index (χ2n) is 16.3. The fraction of sp³-hybridized carbons (Fsp3) is 0.550. The summed E-state index contributed by atoms with van der Waals surface area (Å²) >= 11 is 1.69. The molecule has 0 spiro atoms. The number of benzene rings is 2. The quantitative estimate of drug-likeness (QED) is 0.218. The largest absolute Gasteiger partial charge is 0.214 e. The van der Waals surface area contributed by atoms with Gasteiger partial charge in [-0.3, -0.25) is 0 Å². The number of hydrogen-bond acceptors (Lipinski definition) is 0. The Morgan fingerprint density at radius 3 is 1.44 bits per heavy atom. The molecule has 0 radical (unpaired) electrons. The molecule has 1 saturated carbocycles. The molecule has 43 heavy (non-hydrogen) atoms. The van der Waals surface area contributed by atoms with E-state index in [9.17, 15) is 0 Å².